The number of rotatable bonds is 4. The molecule has 0 bridgehead atoms. The van der Waals surface area contributed by atoms with Crippen molar-refractivity contribution < 1.29 is 13.9 Å². The smallest absolute Gasteiger partial charge is 0.326 e. The fourth-order valence-electron chi connectivity index (χ4n) is 2.92. The molecule has 3 heterocycles. The van der Waals surface area contributed by atoms with Crippen LogP contribution in [-0.4, -0.2) is 16.0 Å². The molecule has 2 amide bonds. The minimum atomic E-state index is -0.414. The molecule has 0 fully saturated rings. The third kappa shape index (κ3) is 3.44. The van der Waals surface area contributed by atoms with Gasteiger partial charge in [-0.15, -0.1) is 0 Å². The van der Waals surface area contributed by atoms with Crippen LogP contribution in [0, 0.1) is 12.7 Å². The maximum Gasteiger partial charge on any atom is 0.326 e. The fraction of sp³-hybridized carbons (Fsp3) is 0.150. The number of halogens is 1. The van der Waals surface area contributed by atoms with Gasteiger partial charge in [-0.1, -0.05) is 6.07 Å². The normalized spacial score (nSPS) is 13.1. The summed E-state index contributed by atoms with van der Waals surface area (Å²) in [6.45, 7) is 2.28. The number of nitrogens with zero attached hydrogens (tertiary/aromatic N) is 3. The lowest BCUT2D eigenvalue weighted by Gasteiger charge is -2.29. The molecule has 0 saturated carbocycles. The number of nitrogens with one attached hydrogen (secondary N) is 1. The maximum atomic E-state index is 13.7. The van der Waals surface area contributed by atoms with Gasteiger partial charge >= 0.3 is 6.03 Å². The number of pyridine rings is 2. The van der Waals surface area contributed by atoms with Crippen LogP contribution in [-0.2, 0) is 13.2 Å². The number of aromatic nitrogens is 2. The molecule has 1 N–H and O–H groups in total. The molecule has 1 aliphatic rings. The highest BCUT2D eigenvalue weighted by atomic mass is 19.1. The molecule has 2 aromatic heterocycles. The van der Waals surface area contributed by atoms with Crippen molar-refractivity contribution in [3.63, 3.8) is 0 Å². The molecule has 0 radical (unpaired) electrons. The number of anilines is 2. The van der Waals surface area contributed by atoms with Gasteiger partial charge in [0.05, 0.1) is 23.6 Å². The molecule has 0 aliphatic carbocycles. The Morgan fingerprint density at radius 2 is 2.00 bits per heavy atom. The largest absolute Gasteiger partial charge is 0.487 e. The molecule has 3 aromatic rings. The molecule has 0 spiro atoms. The highest BCUT2D eigenvalue weighted by molar-refractivity contribution is 6.04. The van der Waals surface area contributed by atoms with Gasteiger partial charge in [-0.05, 0) is 42.8 Å². The van der Waals surface area contributed by atoms with Crippen LogP contribution in [0.25, 0.3) is 0 Å². The van der Waals surface area contributed by atoms with E-state index in [1.54, 1.807) is 29.3 Å². The summed E-state index contributed by atoms with van der Waals surface area (Å²) in [4.78, 5) is 22.4. The highest BCUT2D eigenvalue weighted by Crippen LogP contribution is 2.31. The number of benzene rings is 1. The maximum absolute atomic E-state index is 13.7. The van der Waals surface area contributed by atoms with Gasteiger partial charge in [0.1, 0.15) is 23.9 Å². The third-order valence-corrected chi connectivity index (χ3v) is 4.37. The minimum Gasteiger partial charge on any atom is -0.487 e. The van der Waals surface area contributed by atoms with Crippen molar-refractivity contribution in [3.8, 4) is 5.75 Å². The first-order valence-corrected chi connectivity index (χ1v) is 8.47. The van der Waals surface area contributed by atoms with Crippen LogP contribution in [0.4, 0.5) is 20.6 Å². The van der Waals surface area contributed by atoms with Crippen molar-refractivity contribution in [2.24, 2.45) is 0 Å². The van der Waals surface area contributed by atoms with E-state index >= 15 is 0 Å². The Morgan fingerprint density at radius 3 is 2.85 bits per heavy atom. The van der Waals surface area contributed by atoms with E-state index in [2.05, 4.69) is 15.3 Å². The van der Waals surface area contributed by atoms with E-state index in [9.17, 15) is 9.18 Å². The van der Waals surface area contributed by atoms with Gasteiger partial charge < -0.3 is 10.1 Å². The van der Waals surface area contributed by atoms with E-state index in [4.69, 9.17) is 4.74 Å². The Hall–Kier alpha value is -3.48. The lowest BCUT2D eigenvalue weighted by Crippen LogP contribution is -2.39. The summed E-state index contributed by atoms with van der Waals surface area (Å²) in [5.74, 6) is 0.114. The van der Waals surface area contributed by atoms with E-state index in [0.717, 1.165) is 16.9 Å². The summed E-state index contributed by atoms with van der Waals surface area (Å²) in [6, 6.07) is 11.7. The molecule has 136 valence electrons. The van der Waals surface area contributed by atoms with Crippen molar-refractivity contribution in [3.05, 3.63) is 77.6 Å². The van der Waals surface area contributed by atoms with Crippen molar-refractivity contribution >= 4 is 17.4 Å². The first-order chi connectivity index (χ1) is 13.1. The average molecular weight is 364 g/mol. The second-order valence-electron chi connectivity index (χ2n) is 6.18. The number of carbonyl (C=O) groups excluding carboxylic acids is 1. The minimum absolute atomic E-state index is 0.00571. The topological polar surface area (TPSA) is 67.3 Å². The Labute approximate surface area is 155 Å². The average Bonchev–Trinajstić information content (AvgIpc) is 2.68. The predicted octanol–water partition coefficient (Wildman–Crippen LogP) is 4.06. The number of aryl methyl sites for hydroxylation is 1. The summed E-state index contributed by atoms with van der Waals surface area (Å²) in [6.07, 6.45) is 3.22. The molecular formula is C20H17FN4O2. The summed E-state index contributed by atoms with van der Waals surface area (Å²) >= 11 is 0. The Morgan fingerprint density at radius 1 is 1.19 bits per heavy atom. The summed E-state index contributed by atoms with van der Waals surface area (Å²) in [5.41, 5.74) is 3.37. The Bertz CT molecular complexity index is 1010. The zero-order valence-corrected chi connectivity index (χ0v) is 14.6. The summed E-state index contributed by atoms with van der Waals surface area (Å²) in [5, 5.41) is 2.84. The second kappa shape index (κ2) is 7.03. The molecule has 1 aromatic carbocycles. The van der Waals surface area contributed by atoms with Gasteiger partial charge in [0.15, 0.2) is 0 Å². The van der Waals surface area contributed by atoms with Crippen LogP contribution in [0.1, 0.15) is 17.0 Å². The fourth-order valence-corrected chi connectivity index (χ4v) is 2.92. The van der Waals surface area contributed by atoms with Gasteiger partial charge in [-0.25, -0.2) is 9.18 Å². The molecule has 27 heavy (non-hydrogen) atoms. The van der Waals surface area contributed by atoms with E-state index in [1.165, 1.54) is 18.3 Å². The molecule has 1 aliphatic heterocycles. The lowest BCUT2D eigenvalue weighted by molar-refractivity contribution is 0.255. The van der Waals surface area contributed by atoms with Gasteiger partial charge in [0.25, 0.3) is 0 Å². The quantitative estimate of drug-likeness (QED) is 0.758. The zero-order chi connectivity index (χ0) is 18.8. The van der Waals surface area contributed by atoms with E-state index < -0.39 is 5.82 Å². The Kier molecular flexibility index (Phi) is 4.42. The zero-order valence-electron chi connectivity index (χ0n) is 14.6. The SMILES string of the molecule is Cc1ccc(OCc2ncccc2F)cc1N1Cc2ncccc2NC1=O. The molecular weight excluding hydrogens is 347 g/mol. The molecule has 6 nitrogen and oxygen atoms in total. The van der Waals surface area contributed by atoms with Crippen LogP contribution in [0.3, 0.4) is 0 Å². The van der Waals surface area contributed by atoms with Crippen LogP contribution in [0.5, 0.6) is 5.75 Å². The monoisotopic (exact) mass is 364 g/mol. The number of amides is 2. The van der Waals surface area contributed by atoms with Crippen molar-refractivity contribution in [1.29, 1.82) is 0 Å². The van der Waals surface area contributed by atoms with Gasteiger partial charge in [0.2, 0.25) is 0 Å². The molecule has 0 saturated heterocycles. The number of hydrogen-bond donors (Lipinski definition) is 1. The van der Waals surface area contributed by atoms with E-state index in [0.29, 0.717) is 18.0 Å². The predicted molar refractivity (Wildman–Crippen MR) is 99.1 cm³/mol. The van der Waals surface area contributed by atoms with Crippen molar-refractivity contribution in [1.82, 2.24) is 9.97 Å². The van der Waals surface area contributed by atoms with Crippen LogP contribution in [0.2, 0.25) is 0 Å². The second-order valence-corrected chi connectivity index (χ2v) is 6.18. The number of hydrogen-bond acceptors (Lipinski definition) is 4. The van der Waals surface area contributed by atoms with Gasteiger partial charge in [-0.3, -0.25) is 14.9 Å². The van der Waals surface area contributed by atoms with Gasteiger partial charge in [-0.2, -0.15) is 0 Å². The van der Waals surface area contributed by atoms with Gasteiger partial charge in [0, 0.05) is 18.5 Å². The Balaban J connectivity index is 1.58. The van der Waals surface area contributed by atoms with Crippen LogP contribution >= 0.6 is 0 Å². The van der Waals surface area contributed by atoms with E-state index in [-0.39, 0.29) is 18.3 Å². The van der Waals surface area contributed by atoms with Crippen LogP contribution in [0.15, 0.2) is 54.9 Å². The first-order valence-electron chi connectivity index (χ1n) is 8.47. The lowest BCUT2D eigenvalue weighted by atomic mass is 10.1. The molecule has 7 heteroatoms. The number of fused-ring (bicyclic) bond motifs is 1. The highest BCUT2D eigenvalue weighted by Gasteiger charge is 2.26. The first kappa shape index (κ1) is 17.0. The number of ether oxygens (including phenoxy) is 1. The van der Waals surface area contributed by atoms with Crippen LogP contribution < -0.4 is 15.0 Å². The number of carbonyl (C=O) groups is 1. The standard InChI is InChI=1S/C20H17FN4O2/c1-13-6-7-14(27-12-18-15(21)4-2-8-23-18)10-19(13)25-11-17-16(24-20(25)26)5-3-9-22-17/h2-10H,11-12H2,1H3,(H,24,26). The summed E-state index contributed by atoms with van der Waals surface area (Å²) in [7, 11) is 0. The van der Waals surface area contributed by atoms with E-state index in [1.807, 2.05) is 19.1 Å². The molecule has 0 unspecified atom stereocenters. The molecule has 0 atom stereocenters. The summed E-state index contributed by atoms with van der Waals surface area (Å²) < 4.78 is 19.4. The third-order valence-electron chi connectivity index (χ3n) is 4.37. The molecule has 4 rings (SSSR count). The number of urea groups is 1. The van der Waals surface area contributed by atoms with Crippen molar-refractivity contribution in [2.75, 3.05) is 10.2 Å². The van der Waals surface area contributed by atoms with Crippen molar-refractivity contribution in [2.45, 2.75) is 20.1 Å².